The number of carbonyl (C=O) groups is 2. The molecule has 9 heteroatoms. The third-order valence-corrected chi connectivity index (χ3v) is 3.93. The highest BCUT2D eigenvalue weighted by Crippen LogP contribution is 2.28. The molecule has 2 amide bonds. The molecule has 116 valence electrons. The maximum absolute atomic E-state index is 11.7. The highest BCUT2D eigenvalue weighted by Gasteiger charge is 2.31. The van der Waals surface area contributed by atoms with Crippen molar-refractivity contribution in [3.63, 3.8) is 0 Å². The molecule has 1 unspecified atom stereocenters. The van der Waals surface area contributed by atoms with Crippen molar-refractivity contribution in [2.24, 2.45) is 11.5 Å². The molecule has 1 aromatic carbocycles. The second-order valence-corrected chi connectivity index (χ2v) is 5.82. The number of nitrogens with one attached hydrogen (secondary N) is 1. The van der Waals surface area contributed by atoms with E-state index in [-0.39, 0.29) is 12.0 Å². The standard InChI is InChI=1S/C12H17N3O5S/c1-15-12(17)11(14)8(6-10(13)16)7-4-2-3-5-9(7)21(18,19)20/h2-5,8,11H,6,14H2,1H3,(H2,13,16)(H,15,17)(H,18,19,20)/t8?,11-/m0/s1. The monoisotopic (exact) mass is 315 g/mol. The van der Waals surface area contributed by atoms with Crippen LogP contribution in [0.25, 0.3) is 0 Å². The lowest BCUT2D eigenvalue weighted by molar-refractivity contribution is -0.123. The second kappa shape index (κ2) is 6.66. The molecule has 0 aliphatic rings. The van der Waals surface area contributed by atoms with Crippen molar-refractivity contribution in [3.8, 4) is 0 Å². The molecule has 0 heterocycles. The Kier molecular flexibility index (Phi) is 5.41. The quantitative estimate of drug-likeness (QED) is 0.492. The van der Waals surface area contributed by atoms with Crippen molar-refractivity contribution < 1.29 is 22.6 Å². The molecule has 6 N–H and O–H groups in total. The minimum Gasteiger partial charge on any atom is -0.370 e. The molecule has 0 bridgehead atoms. The lowest BCUT2D eigenvalue weighted by atomic mass is 9.88. The van der Waals surface area contributed by atoms with Crippen LogP contribution in [-0.4, -0.2) is 37.9 Å². The predicted molar refractivity (Wildman–Crippen MR) is 74.9 cm³/mol. The van der Waals surface area contributed by atoms with E-state index in [0.717, 1.165) is 6.07 Å². The highest BCUT2D eigenvalue weighted by atomic mass is 32.2. The molecule has 1 aromatic rings. The summed E-state index contributed by atoms with van der Waals surface area (Å²) >= 11 is 0. The van der Waals surface area contributed by atoms with Gasteiger partial charge in [0.25, 0.3) is 10.1 Å². The summed E-state index contributed by atoms with van der Waals surface area (Å²) in [6.45, 7) is 0. The Labute approximate surface area is 122 Å². The van der Waals surface area contributed by atoms with Gasteiger partial charge in [0, 0.05) is 19.4 Å². The first-order valence-electron chi connectivity index (χ1n) is 6.00. The topological polar surface area (TPSA) is 153 Å². The van der Waals surface area contributed by atoms with E-state index in [1.54, 1.807) is 0 Å². The van der Waals surface area contributed by atoms with Gasteiger partial charge >= 0.3 is 0 Å². The van der Waals surface area contributed by atoms with E-state index in [0.29, 0.717) is 0 Å². The fourth-order valence-corrected chi connectivity index (χ4v) is 2.79. The SMILES string of the molecule is CNC(=O)[C@@H](N)C(CC(N)=O)c1ccccc1S(=O)(=O)O. The Hall–Kier alpha value is -1.97. The number of primary amides is 1. The van der Waals surface area contributed by atoms with Gasteiger partial charge in [-0.25, -0.2) is 0 Å². The van der Waals surface area contributed by atoms with Crippen LogP contribution < -0.4 is 16.8 Å². The molecule has 2 atom stereocenters. The molecule has 8 nitrogen and oxygen atoms in total. The molecule has 0 aromatic heterocycles. The Balaban J connectivity index is 3.40. The average Bonchev–Trinajstić information content (AvgIpc) is 2.42. The Morgan fingerprint density at radius 1 is 1.33 bits per heavy atom. The summed E-state index contributed by atoms with van der Waals surface area (Å²) in [5.41, 5.74) is 11.0. The number of amides is 2. The zero-order chi connectivity index (χ0) is 16.2. The molecule has 0 radical (unpaired) electrons. The Morgan fingerprint density at radius 2 is 1.90 bits per heavy atom. The van der Waals surface area contributed by atoms with Crippen molar-refractivity contribution in [2.75, 3.05) is 7.05 Å². The van der Waals surface area contributed by atoms with E-state index in [4.69, 9.17) is 11.5 Å². The van der Waals surface area contributed by atoms with E-state index in [9.17, 15) is 22.6 Å². The van der Waals surface area contributed by atoms with Crippen LogP contribution in [0.5, 0.6) is 0 Å². The average molecular weight is 315 g/mol. The third-order valence-electron chi connectivity index (χ3n) is 3.00. The zero-order valence-corrected chi connectivity index (χ0v) is 12.1. The van der Waals surface area contributed by atoms with Crippen LogP contribution in [0.15, 0.2) is 29.2 Å². The van der Waals surface area contributed by atoms with E-state index in [2.05, 4.69) is 5.32 Å². The largest absolute Gasteiger partial charge is 0.370 e. The maximum Gasteiger partial charge on any atom is 0.294 e. The number of rotatable bonds is 6. The molecule has 0 saturated carbocycles. The fourth-order valence-electron chi connectivity index (χ4n) is 2.02. The normalized spacial score (nSPS) is 14.2. The molecule has 0 spiro atoms. The number of nitrogens with two attached hydrogens (primary N) is 2. The van der Waals surface area contributed by atoms with E-state index in [1.807, 2.05) is 0 Å². The summed E-state index contributed by atoms with van der Waals surface area (Å²) in [6.07, 6.45) is -0.332. The van der Waals surface area contributed by atoms with Crippen molar-refractivity contribution in [1.29, 1.82) is 0 Å². The van der Waals surface area contributed by atoms with Gasteiger partial charge in [-0.2, -0.15) is 8.42 Å². The van der Waals surface area contributed by atoms with Crippen LogP contribution in [0, 0.1) is 0 Å². The number of hydrogen-bond acceptors (Lipinski definition) is 5. The van der Waals surface area contributed by atoms with Gasteiger partial charge in [-0.15, -0.1) is 0 Å². The highest BCUT2D eigenvalue weighted by molar-refractivity contribution is 7.85. The summed E-state index contributed by atoms with van der Waals surface area (Å²) in [4.78, 5) is 22.4. The van der Waals surface area contributed by atoms with Gasteiger partial charge in [-0.05, 0) is 11.6 Å². The van der Waals surface area contributed by atoms with Gasteiger partial charge in [0.05, 0.1) is 10.9 Å². The van der Waals surface area contributed by atoms with Crippen molar-refractivity contribution in [2.45, 2.75) is 23.3 Å². The molecule has 0 aliphatic carbocycles. The first-order chi connectivity index (χ1) is 9.68. The molecular formula is C12H17N3O5S. The lowest BCUT2D eigenvalue weighted by Crippen LogP contribution is -2.44. The lowest BCUT2D eigenvalue weighted by Gasteiger charge is -2.23. The van der Waals surface area contributed by atoms with E-state index < -0.39 is 38.8 Å². The van der Waals surface area contributed by atoms with Crippen molar-refractivity contribution >= 4 is 21.9 Å². The van der Waals surface area contributed by atoms with Crippen LogP contribution >= 0.6 is 0 Å². The minimum absolute atomic E-state index is 0.0647. The minimum atomic E-state index is -4.52. The molecular weight excluding hydrogens is 298 g/mol. The summed E-state index contributed by atoms with van der Waals surface area (Å²) in [5.74, 6) is -2.29. The summed E-state index contributed by atoms with van der Waals surface area (Å²) in [6, 6.07) is 4.26. The predicted octanol–water partition coefficient (Wildman–Crippen LogP) is -1.03. The first kappa shape index (κ1) is 17.1. The van der Waals surface area contributed by atoms with Crippen molar-refractivity contribution in [3.05, 3.63) is 29.8 Å². The van der Waals surface area contributed by atoms with Gasteiger partial charge < -0.3 is 16.8 Å². The van der Waals surface area contributed by atoms with Gasteiger partial charge in [-0.3, -0.25) is 14.1 Å². The zero-order valence-electron chi connectivity index (χ0n) is 11.3. The number of hydrogen-bond donors (Lipinski definition) is 4. The van der Waals surface area contributed by atoms with Gasteiger partial charge in [0.1, 0.15) is 0 Å². The Morgan fingerprint density at radius 3 is 2.38 bits per heavy atom. The fraction of sp³-hybridized carbons (Fsp3) is 0.333. The number of carbonyl (C=O) groups excluding carboxylic acids is 2. The maximum atomic E-state index is 11.7. The third kappa shape index (κ3) is 4.25. The van der Waals surface area contributed by atoms with Crippen LogP contribution in [0.1, 0.15) is 17.9 Å². The summed E-state index contributed by atoms with van der Waals surface area (Å²) < 4.78 is 32.1. The number of likely N-dealkylation sites (N-methyl/N-ethyl adjacent to an activating group) is 1. The van der Waals surface area contributed by atoms with Gasteiger partial charge in [0.2, 0.25) is 11.8 Å². The van der Waals surface area contributed by atoms with Crippen LogP contribution in [0.4, 0.5) is 0 Å². The van der Waals surface area contributed by atoms with E-state index >= 15 is 0 Å². The smallest absolute Gasteiger partial charge is 0.294 e. The summed E-state index contributed by atoms with van der Waals surface area (Å²) in [5, 5.41) is 2.32. The van der Waals surface area contributed by atoms with Gasteiger partial charge in [-0.1, -0.05) is 18.2 Å². The number of benzene rings is 1. The Bertz CT molecular complexity index is 644. The molecule has 0 aliphatic heterocycles. The molecule has 1 rings (SSSR count). The van der Waals surface area contributed by atoms with Crippen LogP contribution in [0.2, 0.25) is 0 Å². The van der Waals surface area contributed by atoms with Crippen LogP contribution in [0.3, 0.4) is 0 Å². The van der Waals surface area contributed by atoms with Gasteiger partial charge in [0.15, 0.2) is 0 Å². The van der Waals surface area contributed by atoms with Crippen LogP contribution in [-0.2, 0) is 19.7 Å². The van der Waals surface area contributed by atoms with Crippen molar-refractivity contribution in [1.82, 2.24) is 5.32 Å². The summed E-state index contributed by atoms with van der Waals surface area (Å²) in [7, 11) is -3.16. The molecule has 21 heavy (non-hydrogen) atoms. The first-order valence-corrected chi connectivity index (χ1v) is 7.44. The molecule has 0 saturated heterocycles. The van der Waals surface area contributed by atoms with E-state index in [1.165, 1.54) is 25.2 Å². The second-order valence-electron chi connectivity index (χ2n) is 4.43. The molecule has 0 fully saturated rings.